The molecule has 2 aliphatic rings. The zero-order valence-corrected chi connectivity index (χ0v) is 11.7. The van der Waals surface area contributed by atoms with Gasteiger partial charge in [0.2, 0.25) is 0 Å². The normalized spacial score (nSPS) is 31.3. The van der Waals surface area contributed by atoms with E-state index in [-0.39, 0.29) is 23.5 Å². The number of hydrogen-bond donors (Lipinski definition) is 1. The summed E-state index contributed by atoms with van der Waals surface area (Å²) in [5.74, 6) is 1.16. The molecular weight excluding hydrogens is 252 g/mol. The van der Waals surface area contributed by atoms with Crippen molar-refractivity contribution in [1.29, 1.82) is 0 Å². The molecule has 0 aromatic carbocycles. The second kappa shape index (κ2) is 5.47. The highest BCUT2D eigenvalue weighted by Crippen LogP contribution is 2.18. The van der Waals surface area contributed by atoms with Crippen molar-refractivity contribution in [2.45, 2.75) is 26.2 Å². The number of urea groups is 1. The zero-order chi connectivity index (χ0) is 13.2. The van der Waals surface area contributed by atoms with Gasteiger partial charge in [-0.25, -0.2) is 13.2 Å². The Hall–Kier alpha value is -0.780. The quantitative estimate of drug-likeness (QED) is 0.812. The summed E-state index contributed by atoms with van der Waals surface area (Å²) in [5.41, 5.74) is 0. The Bertz CT molecular complexity index is 408. The molecule has 104 valence electrons. The molecule has 0 saturated carbocycles. The summed E-state index contributed by atoms with van der Waals surface area (Å²) in [6, 6.07) is -0.0363. The predicted octanol–water partition coefficient (Wildman–Crippen LogP) is 0.863. The van der Waals surface area contributed by atoms with Crippen molar-refractivity contribution >= 4 is 15.9 Å². The van der Waals surface area contributed by atoms with Crippen LogP contribution in [0.1, 0.15) is 26.2 Å². The molecule has 2 aliphatic heterocycles. The Balaban J connectivity index is 1.75. The lowest BCUT2D eigenvalue weighted by Gasteiger charge is -2.31. The topological polar surface area (TPSA) is 66.5 Å². The van der Waals surface area contributed by atoms with E-state index in [1.807, 2.05) is 4.90 Å². The van der Waals surface area contributed by atoms with Crippen LogP contribution in [0.25, 0.3) is 0 Å². The van der Waals surface area contributed by atoms with Crippen molar-refractivity contribution in [2.75, 3.05) is 31.1 Å². The summed E-state index contributed by atoms with van der Waals surface area (Å²) >= 11 is 0. The van der Waals surface area contributed by atoms with E-state index in [0.717, 1.165) is 19.5 Å². The van der Waals surface area contributed by atoms with Crippen molar-refractivity contribution < 1.29 is 13.2 Å². The number of sulfone groups is 1. The molecule has 6 heteroatoms. The fourth-order valence-electron chi connectivity index (χ4n) is 2.75. The average molecular weight is 274 g/mol. The minimum absolute atomic E-state index is 0.0363. The molecule has 5 nitrogen and oxygen atoms in total. The summed E-state index contributed by atoms with van der Waals surface area (Å²) in [6.45, 7) is 4.28. The van der Waals surface area contributed by atoms with Gasteiger partial charge in [-0.3, -0.25) is 0 Å². The van der Waals surface area contributed by atoms with Crippen LogP contribution in [-0.4, -0.2) is 50.5 Å². The zero-order valence-electron chi connectivity index (χ0n) is 10.9. The van der Waals surface area contributed by atoms with Crippen molar-refractivity contribution in [3.05, 3.63) is 0 Å². The maximum atomic E-state index is 11.9. The van der Waals surface area contributed by atoms with Crippen molar-refractivity contribution in [3.63, 3.8) is 0 Å². The van der Waals surface area contributed by atoms with Crippen LogP contribution in [0.15, 0.2) is 0 Å². The van der Waals surface area contributed by atoms with Gasteiger partial charge < -0.3 is 10.2 Å². The van der Waals surface area contributed by atoms with Crippen molar-refractivity contribution in [2.24, 2.45) is 11.8 Å². The summed E-state index contributed by atoms with van der Waals surface area (Å²) in [5, 5.41) is 2.88. The lowest BCUT2D eigenvalue weighted by Crippen LogP contribution is -2.46. The number of nitrogens with one attached hydrogen (secondary N) is 1. The molecule has 2 rings (SSSR count). The maximum Gasteiger partial charge on any atom is 0.317 e. The largest absolute Gasteiger partial charge is 0.338 e. The Morgan fingerprint density at radius 2 is 2.17 bits per heavy atom. The lowest BCUT2D eigenvalue weighted by molar-refractivity contribution is 0.168. The molecule has 2 fully saturated rings. The molecule has 18 heavy (non-hydrogen) atoms. The van der Waals surface area contributed by atoms with Crippen LogP contribution in [0.5, 0.6) is 0 Å². The number of hydrogen-bond acceptors (Lipinski definition) is 3. The van der Waals surface area contributed by atoms with Gasteiger partial charge in [-0.2, -0.15) is 0 Å². The molecule has 2 atom stereocenters. The molecule has 0 aromatic rings. The maximum absolute atomic E-state index is 11.9. The number of carbonyl (C=O) groups excluding carboxylic acids is 1. The molecule has 2 saturated heterocycles. The van der Waals surface area contributed by atoms with Crippen LogP contribution < -0.4 is 5.32 Å². The Morgan fingerprint density at radius 3 is 2.78 bits per heavy atom. The first-order valence-electron chi connectivity index (χ1n) is 6.69. The number of likely N-dealkylation sites (tertiary alicyclic amines) is 1. The van der Waals surface area contributed by atoms with Crippen LogP contribution in [-0.2, 0) is 9.84 Å². The van der Waals surface area contributed by atoms with Gasteiger partial charge in [-0.05, 0) is 31.1 Å². The summed E-state index contributed by atoms with van der Waals surface area (Å²) < 4.78 is 22.6. The number of nitrogens with zero attached hydrogens (tertiary/aromatic N) is 1. The summed E-state index contributed by atoms with van der Waals surface area (Å²) in [6.07, 6.45) is 2.93. The van der Waals surface area contributed by atoms with Crippen LogP contribution in [0.4, 0.5) is 4.79 Å². The lowest BCUT2D eigenvalue weighted by atomic mass is 10.0. The highest BCUT2D eigenvalue weighted by atomic mass is 32.2. The molecule has 0 aliphatic carbocycles. The monoisotopic (exact) mass is 274 g/mol. The Kier molecular flexibility index (Phi) is 4.14. The molecule has 2 amide bonds. The molecular formula is C12H22N2O3S. The van der Waals surface area contributed by atoms with E-state index in [1.165, 1.54) is 6.42 Å². The van der Waals surface area contributed by atoms with Gasteiger partial charge in [-0.15, -0.1) is 0 Å². The molecule has 1 N–H and O–H groups in total. The van der Waals surface area contributed by atoms with E-state index in [1.54, 1.807) is 0 Å². The van der Waals surface area contributed by atoms with E-state index in [4.69, 9.17) is 0 Å². The Labute approximate surface area is 109 Å². The predicted molar refractivity (Wildman–Crippen MR) is 70.1 cm³/mol. The third-order valence-electron chi connectivity index (χ3n) is 3.81. The number of piperidine rings is 1. The van der Waals surface area contributed by atoms with Gasteiger partial charge in [0, 0.05) is 19.6 Å². The highest BCUT2D eigenvalue weighted by Gasteiger charge is 2.28. The van der Waals surface area contributed by atoms with Gasteiger partial charge in [0.15, 0.2) is 9.84 Å². The van der Waals surface area contributed by atoms with Gasteiger partial charge in [0.1, 0.15) is 0 Å². The number of amides is 2. The summed E-state index contributed by atoms with van der Waals surface area (Å²) in [4.78, 5) is 13.8. The smallest absolute Gasteiger partial charge is 0.317 e. The van der Waals surface area contributed by atoms with Crippen LogP contribution >= 0.6 is 0 Å². The first-order valence-corrected chi connectivity index (χ1v) is 8.51. The van der Waals surface area contributed by atoms with Crippen LogP contribution in [0.3, 0.4) is 0 Å². The molecule has 0 radical (unpaired) electrons. The minimum Gasteiger partial charge on any atom is -0.338 e. The van der Waals surface area contributed by atoms with Gasteiger partial charge in [-0.1, -0.05) is 6.92 Å². The second-order valence-electron chi connectivity index (χ2n) is 5.65. The van der Waals surface area contributed by atoms with Gasteiger partial charge >= 0.3 is 6.03 Å². The fourth-order valence-corrected chi connectivity index (χ4v) is 4.61. The third-order valence-corrected chi connectivity index (χ3v) is 5.65. The average Bonchev–Trinajstić information content (AvgIpc) is 2.66. The van der Waals surface area contributed by atoms with E-state index in [9.17, 15) is 13.2 Å². The number of rotatable bonds is 2. The first-order chi connectivity index (χ1) is 8.46. The standard InChI is InChI=1S/C12H22N2O3S/c1-10-3-2-5-14(8-10)12(15)13-7-11-4-6-18(16,17)9-11/h10-11H,2-9H2,1H3,(H,13,15). The Morgan fingerprint density at radius 1 is 1.39 bits per heavy atom. The van der Waals surface area contributed by atoms with E-state index >= 15 is 0 Å². The number of carbonyl (C=O) groups is 1. The summed E-state index contributed by atoms with van der Waals surface area (Å²) in [7, 11) is -2.84. The van der Waals surface area contributed by atoms with Crippen molar-refractivity contribution in [1.82, 2.24) is 10.2 Å². The molecule has 0 aromatic heterocycles. The second-order valence-corrected chi connectivity index (χ2v) is 7.88. The van der Waals surface area contributed by atoms with Crippen LogP contribution in [0, 0.1) is 11.8 Å². The minimum atomic E-state index is -2.84. The SMILES string of the molecule is CC1CCCN(C(=O)NCC2CCS(=O)(=O)C2)C1. The van der Waals surface area contributed by atoms with Crippen molar-refractivity contribution in [3.8, 4) is 0 Å². The van der Waals surface area contributed by atoms with Gasteiger partial charge in [0.05, 0.1) is 11.5 Å². The third kappa shape index (κ3) is 3.60. The molecule has 0 bridgehead atoms. The fraction of sp³-hybridized carbons (Fsp3) is 0.917. The molecule has 0 spiro atoms. The molecule has 2 unspecified atom stereocenters. The first kappa shape index (κ1) is 13.6. The van der Waals surface area contributed by atoms with Crippen LogP contribution in [0.2, 0.25) is 0 Å². The van der Waals surface area contributed by atoms with E-state index < -0.39 is 9.84 Å². The van der Waals surface area contributed by atoms with Gasteiger partial charge in [0.25, 0.3) is 0 Å². The highest BCUT2D eigenvalue weighted by molar-refractivity contribution is 7.91. The van der Waals surface area contributed by atoms with E-state index in [0.29, 0.717) is 18.9 Å². The van der Waals surface area contributed by atoms with E-state index in [2.05, 4.69) is 12.2 Å². The molecule has 2 heterocycles.